The van der Waals surface area contributed by atoms with E-state index < -0.39 is 0 Å². The van der Waals surface area contributed by atoms with Crippen LogP contribution < -0.4 is 10.6 Å². The lowest BCUT2D eigenvalue weighted by molar-refractivity contribution is 0.0993. The van der Waals surface area contributed by atoms with E-state index in [0.29, 0.717) is 11.3 Å². The molecule has 0 saturated carbocycles. The van der Waals surface area contributed by atoms with Gasteiger partial charge in [0.05, 0.1) is 6.26 Å². The van der Waals surface area contributed by atoms with Gasteiger partial charge in [-0.15, -0.1) is 0 Å². The van der Waals surface area contributed by atoms with Crippen molar-refractivity contribution in [3.63, 3.8) is 0 Å². The molecule has 0 spiro atoms. The highest BCUT2D eigenvalue weighted by molar-refractivity contribution is 6.07. The summed E-state index contributed by atoms with van der Waals surface area (Å²) < 4.78 is 5.10. The summed E-state index contributed by atoms with van der Waals surface area (Å²) in [7, 11) is 0. The Morgan fingerprint density at radius 1 is 0.808 bits per heavy atom. The van der Waals surface area contributed by atoms with Gasteiger partial charge in [0.15, 0.2) is 5.76 Å². The molecule has 0 aliphatic rings. The third kappa shape index (κ3) is 3.67. The summed E-state index contributed by atoms with van der Waals surface area (Å²) in [5.41, 5.74) is 4.69. The van der Waals surface area contributed by atoms with Crippen LogP contribution in [0.2, 0.25) is 0 Å². The molecule has 0 atom stereocenters. The molecule has 0 bridgehead atoms. The van der Waals surface area contributed by atoms with Gasteiger partial charge in [-0.25, -0.2) is 0 Å². The summed E-state index contributed by atoms with van der Waals surface area (Å²) in [5, 5.41) is 5.73. The van der Waals surface area contributed by atoms with Crippen molar-refractivity contribution in [2.24, 2.45) is 0 Å². The first kappa shape index (κ1) is 17.5. The number of anilines is 2. The molecule has 5 heteroatoms. The minimum Gasteiger partial charge on any atom is -0.459 e. The number of carbonyl (C=O) groups is 2. The van der Waals surface area contributed by atoms with Crippen LogP contribution in [0.3, 0.4) is 0 Å². The van der Waals surface area contributed by atoms with Gasteiger partial charge >= 0.3 is 0 Å². The molecular formula is C21H20N2O3. The van der Waals surface area contributed by atoms with E-state index >= 15 is 0 Å². The fraction of sp³-hybridized carbons (Fsp3) is 0.143. The quantitative estimate of drug-likeness (QED) is 0.717. The zero-order valence-electron chi connectivity index (χ0n) is 14.9. The zero-order valence-corrected chi connectivity index (χ0v) is 14.9. The van der Waals surface area contributed by atoms with Gasteiger partial charge in [-0.3, -0.25) is 9.59 Å². The van der Waals surface area contributed by atoms with Crippen molar-refractivity contribution in [1.29, 1.82) is 0 Å². The highest BCUT2D eigenvalue weighted by Gasteiger charge is 2.14. The standard InChI is InChI=1S/C21H20N2O3/c1-13-9-10-16(12-17(13)22-21(25)18-8-5-11-26-18)20(24)23-19-14(2)6-4-7-15(19)3/h4-12H,1-3H3,(H,22,25)(H,23,24). The van der Waals surface area contributed by atoms with Gasteiger partial charge in [-0.05, 0) is 61.7 Å². The van der Waals surface area contributed by atoms with E-state index in [1.54, 1.807) is 30.3 Å². The monoisotopic (exact) mass is 348 g/mol. The van der Waals surface area contributed by atoms with Gasteiger partial charge < -0.3 is 15.1 Å². The Kier molecular flexibility index (Phi) is 4.89. The summed E-state index contributed by atoms with van der Waals surface area (Å²) in [6.45, 7) is 5.77. The molecule has 0 fully saturated rings. The van der Waals surface area contributed by atoms with E-state index in [2.05, 4.69) is 10.6 Å². The van der Waals surface area contributed by atoms with Crippen molar-refractivity contribution in [3.05, 3.63) is 82.8 Å². The zero-order chi connectivity index (χ0) is 18.7. The van der Waals surface area contributed by atoms with Gasteiger partial charge in [0.25, 0.3) is 11.8 Å². The molecule has 2 N–H and O–H groups in total. The first-order valence-electron chi connectivity index (χ1n) is 8.29. The van der Waals surface area contributed by atoms with E-state index in [4.69, 9.17) is 4.42 Å². The van der Waals surface area contributed by atoms with E-state index in [1.165, 1.54) is 6.26 Å². The van der Waals surface area contributed by atoms with Crippen molar-refractivity contribution in [2.75, 3.05) is 10.6 Å². The van der Waals surface area contributed by atoms with Crippen molar-refractivity contribution >= 4 is 23.2 Å². The number of aryl methyl sites for hydroxylation is 3. The van der Waals surface area contributed by atoms with Crippen LogP contribution in [-0.2, 0) is 0 Å². The molecule has 1 aromatic heterocycles. The molecule has 0 aliphatic heterocycles. The van der Waals surface area contributed by atoms with Crippen LogP contribution in [0.5, 0.6) is 0 Å². The molecule has 1 heterocycles. The van der Waals surface area contributed by atoms with Gasteiger partial charge in [0.2, 0.25) is 0 Å². The summed E-state index contributed by atoms with van der Waals surface area (Å²) in [4.78, 5) is 24.8. The molecule has 0 aliphatic carbocycles. The Labute approximate surface area is 152 Å². The SMILES string of the molecule is Cc1ccc(C(=O)Nc2c(C)cccc2C)cc1NC(=O)c1ccco1. The maximum Gasteiger partial charge on any atom is 0.291 e. The first-order valence-corrected chi connectivity index (χ1v) is 8.29. The summed E-state index contributed by atoms with van der Waals surface area (Å²) >= 11 is 0. The van der Waals surface area contributed by atoms with E-state index in [1.807, 2.05) is 39.0 Å². The maximum atomic E-state index is 12.7. The Hall–Kier alpha value is -3.34. The normalized spacial score (nSPS) is 10.4. The Morgan fingerprint density at radius 2 is 1.54 bits per heavy atom. The molecule has 132 valence electrons. The lowest BCUT2D eigenvalue weighted by Gasteiger charge is -2.13. The average molecular weight is 348 g/mol. The topological polar surface area (TPSA) is 71.3 Å². The van der Waals surface area contributed by atoms with Crippen molar-refractivity contribution in [1.82, 2.24) is 0 Å². The average Bonchev–Trinajstić information content (AvgIpc) is 3.15. The summed E-state index contributed by atoms with van der Waals surface area (Å²) in [5.74, 6) is -0.365. The minimum absolute atomic E-state index is 0.217. The molecule has 2 aromatic carbocycles. The predicted octanol–water partition coefficient (Wildman–Crippen LogP) is 4.71. The number of benzene rings is 2. The van der Waals surface area contributed by atoms with Crippen molar-refractivity contribution < 1.29 is 14.0 Å². The molecule has 5 nitrogen and oxygen atoms in total. The van der Waals surface area contributed by atoms with Crippen molar-refractivity contribution in [2.45, 2.75) is 20.8 Å². The van der Waals surface area contributed by atoms with Gasteiger partial charge in [-0.2, -0.15) is 0 Å². The van der Waals surface area contributed by atoms with Gasteiger partial charge in [-0.1, -0.05) is 24.3 Å². The highest BCUT2D eigenvalue weighted by Crippen LogP contribution is 2.22. The van der Waals surface area contributed by atoms with E-state index in [-0.39, 0.29) is 17.6 Å². The minimum atomic E-state index is -0.356. The molecular weight excluding hydrogens is 328 g/mol. The number of hydrogen-bond donors (Lipinski definition) is 2. The Balaban J connectivity index is 1.82. The van der Waals surface area contributed by atoms with Crippen LogP contribution in [0.4, 0.5) is 11.4 Å². The van der Waals surface area contributed by atoms with Crippen LogP contribution in [0.15, 0.2) is 59.2 Å². The molecule has 3 rings (SSSR count). The number of amides is 2. The molecule has 26 heavy (non-hydrogen) atoms. The Morgan fingerprint density at radius 3 is 2.19 bits per heavy atom. The van der Waals surface area contributed by atoms with Gasteiger partial charge in [0, 0.05) is 16.9 Å². The Bertz CT molecular complexity index is 939. The second kappa shape index (κ2) is 7.27. The molecule has 0 unspecified atom stereocenters. The first-order chi connectivity index (χ1) is 12.5. The largest absolute Gasteiger partial charge is 0.459 e. The summed E-state index contributed by atoms with van der Waals surface area (Å²) in [6.07, 6.45) is 1.44. The third-order valence-electron chi connectivity index (χ3n) is 4.21. The lowest BCUT2D eigenvalue weighted by atomic mass is 10.1. The number of carbonyl (C=O) groups excluding carboxylic acids is 2. The van der Waals surface area contributed by atoms with Crippen LogP contribution >= 0.6 is 0 Å². The van der Waals surface area contributed by atoms with Crippen LogP contribution in [0.1, 0.15) is 37.6 Å². The number of nitrogens with one attached hydrogen (secondary N) is 2. The molecule has 3 aromatic rings. The second-order valence-corrected chi connectivity index (χ2v) is 6.18. The maximum absolute atomic E-state index is 12.7. The van der Waals surface area contributed by atoms with Gasteiger partial charge in [0.1, 0.15) is 0 Å². The number of hydrogen-bond acceptors (Lipinski definition) is 3. The lowest BCUT2D eigenvalue weighted by Crippen LogP contribution is -2.16. The highest BCUT2D eigenvalue weighted by atomic mass is 16.3. The fourth-order valence-electron chi connectivity index (χ4n) is 2.69. The third-order valence-corrected chi connectivity index (χ3v) is 4.21. The second-order valence-electron chi connectivity index (χ2n) is 6.18. The molecule has 0 saturated heterocycles. The summed E-state index contributed by atoms with van der Waals surface area (Å²) in [6, 6.07) is 14.3. The molecule has 2 amide bonds. The van der Waals surface area contributed by atoms with Crippen LogP contribution in [0, 0.1) is 20.8 Å². The predicted molar refractivity (Wildman–Crippen MR) is 102 cm³/mol. The fourth-order valence-corrected chi connectivity index (χ4v) is 2.69. The van der Waals surface area contributed by atoms with Crippen molar-refractivity contribution in [3.8, 4) is 0 Å². The smallest absolute Gasteiger partial charge is 0.291 e. The van der Waals surface area contributed by atoms with Crippen LogP contribution in [0.25, 0.3) is 0 Å². The van der Waals surface area contributed by atoms with Crippen LogP contribution in [-0.4, -0.2) is 11.8 Å². The number of rotatable bonds is 4. The number of furan rings is 1. The van der Waals surface area contributed by atoms with E-state index in [0.717, 1.165) is 22.4 Å². The molecule has 0 radical (unpaired) electrons. The van der Waals surface area contributed by atoms with E-state index in [9.17, 15) is 9.59 Å². The number of para-hydroxylation sites is 1.